The predicted octanol–water partition coefficient (Wildman–Crippen LogP) is 2.89. The Morgan fingerprint density at radius 1 is 1.27 bits per heavy atom. The minimum absolute atomic E-state index is 0.0855. The van der Waals surface area contributed by atoms with E-state index in [1.54, 1.807) is 18.2 Å². The second kappa shape index (κ2) is 5.33. The van der Waals surface area contributed by atoms with Crippen molar-refractivity contribution in [1.82, 2.24) is 9.97 Å². The Labute approximate surface area is 131 Å². The van der Waals surface area contributed by atoms with Gasteiger partial charge in [-0.2, -0.15) is 5.26 Å². The van der Waals surface area contributed by atoms with Crippen molar-refractivity contribution in [3.63, 3.8) is 0 Å². The van der Waals surface area contributed by atoms with Crippen LogP contribution in [0.3, 0.4) is 0 Å². The molecule has 0 radical (unpaired) electrons. The molecule has 3 rings (SSSR count). The summed E-state index contributed by atoms with van der Waals surface area (Å²) in [5, 5.41) is 9.87. The van der Waals surface area contributed by atoms with E-state index in [4.69, 9.17) is 16.9 Å². The number of hydrogen-bond donors (Lipinski definition) is 2. The van der Waals surface area contributed by atoms with Crippen LogP contribution in [0.1, 0.15) is 5.56 Å². The van der Waals surface area contributed by atoms with Crippen LogP contribution in [0.5, 0.6) is 0 Å². The number of sulfonamides is 1. The Bertz CT molecular complexity index is 1010. The van der Waals surface area contributed by atoms with Gasteiger partial charge in [0, 0.05) is 28.3 Å². The molecule has 8 heteroatoms. The molecule has 0 aliphatic rings. The van der Waals surface area contributed by atoms with Crippen LogP contribution in [-0.4, -0.2) is 18.4 Å². The summed E-state index contributed by atoms with van der Waals surface area (Å²) < 4.78 is 27.3. The Morgan fingerprint density at radius 3 is 2.86 bits per heavy atom. The van der Waals surface area contributed by atoms with Crippen molar-refractivity contribution in [2.24, 2.45) is 0 Å². The number of aromatic nitrogens is 2. The van der Waals surface area contributed by atoms with Gasteiger partial charge in [-0.05, 0) is 30.3 Å². The first kappa shape index (κ1) is 14.4. The highest BCUT2D eigenvalue weighted by molar-refractivity contribution is 7.93. The summed E-state index contributed by atoms with van der Waals surface area (Å²) >= 11 is 5.88. The number of nitrogens with one attached hydrogen (secondary N) is 2. The fraction of sp³-hybridized carbons (Fsp3) is 0. The molecule has 0 atom stereocenters. The van der Waals surface area contributed by atoms with Crippen LogP contribution < -0.4 is 4.72 Å². The Morgan fingerprint density at radius 2 is 2.09 bits per heavy atom. The summed E-state index contributed by atoms with van der Waals surface area (Å²) in [7, 11) is -3.83. The molecule has 0 unspecified atom stereocenters. The molecule has 2 N–H and O–H groups in total. The van der Waals surface area contributed by atoms with Crippen molar-refractivity contribution in [1.29, 1.82) is 5.26 Å². The average Bonchev–Trinajstić information content (AvgIpc) is 2.90. The molecule has 0 aliphatic carbocycles. The molecule has 1 aromatic carbocycles. The van der Waals surface area contributed by atoms with Gasteiger partial charge in [0.05, 0.1) is 11.6 Å². The van der Waals surface area contributed by atoms with Crippen LogP contribution in [0.15, 0.2) is 47.6 Å². The van der Waals surface area contributed by atoms with Crippen LogP contribution in [0.2, 0.25) is 5.02 Å². The number of benzene rings is 1. The molecule has 0 bridgehead atoms. The monoisotopic (exact) mass is 332 g/mol. The number of pyridine rings is 1. The first-order valence-electron chi connectivity index (χ1n) is 6.15. The highest BCUT2D eigenvalue weighted by Crippen LogP contribution is 2.26. The normalized spacial score (nSPS) is 11.3. The molecule has 2 aromatic heterocycles. The highest BCUT2D eigenvalue weighted by Gasteiger charge is 2.19. The molecule has 0 saturated carbocycles. The Hall–Kier alpha value is -2.56. The first-order chi connectivity index (χ1) is 10.5. The largest absolute Gasteiger partial charge is 0.360 e. The van der Waals surface area contributed by atoms with Crippen molar-refractivity contribution >= 4 is 38.3 Å². The second-order valence-corrected chi connectivity index (χ2v) is 6.58. The van der Waals surface area contributed by atoms with Crippen LogP contribution >= 0.6 is 11.6 Å². The van der Waals surface area contributed by atoms with E-state index in [-0.39, 0.29) is 10.7 Å². The lowest BCUT2D eigenvalue weighted by molar-refractivity contribution is 0.602. The van der Waals surface area contributed by atoms with E-state index in [2.05, 4.69) is 14.7 Å². The maximum Gasteiger partial charge on any atom is 0.265 e. The molecule has 2 heterocycles. The number of hydrogen-bond acceptors (Lipinski definition) is 4. The lowest BCUT2D eigenvalue weighted by Crippen LogP contribution is -2.13. The molecule has 6 nitrogen and oxygen atoms in total. The van der Waals surface area contributed by atoms with Crippen molar-refractivity contribution in [3.05, 3.63) is 53.3 Å². The lowest BCUT2D eigenvalue weighted by atomic mass is 10.2. The van der Waals surface area contributed by atoms with Gasteiger partial charge in [-0.3, -0.25) is 4.72 Å². The topological polar surface area (TPSA) is 98.6 Å². The minimum Gasteiger partial charge on any atom is -0.360 e. The van der Waals surface area contributed by atoms with Crippen LogP contribution in [-0.2, 0) is 10.0 Å². The lowest BCUT2D eigenvalue weighted by Gasteiger charge is -2.06. The summed E-state index contributed by atoms with van der Waals surface area (Å²) in [6.45, 7) is 0. The maximum absolute atomic E-state index is 12.5. The van der Waals surface area contributed by atoms with Crippen LogP contribution in [0.4, 0.5) is 5.82 Å². The zero-order valence-corrected chi connectivity index (χ0v) is 12.6. The second-order valence-electron chi connectivity index (χ2n) is 4.49. The highest BCUT2D eigenvalue weighted by atomic mass is 35.5. The number of halogens is 1. The Balaban J connectivity index is 2.03. The average molecular weight is 333 g/mol. The number of aromatic amines is 1. The van der Waals surface area contributed by atoms with E-state index in [1.165, 1.54) is 24.5 Å². The Kier molecular flexibility index (Phi) is 3.48. The van der Waals surface area contributed by atoms with Gasteiger partial charge in [-0.15, -0.1) is 0 Å². The molecule has 22 heavy (non-hydrogen) atoms. The number of fused-ring (bicyclic) bond motifs is 1. The van der Waals surface area contributed by atoms with Crippen molar-refractivity contribution < 1.29 is 8.42 Å². The SMILES string of the molecule is N#Cc1ccnc(NS(=O)(=O)c2c[nH]c3cc(Cl)ccc23)c1. The molecule has 110 valence electrons. The van der Waals surface area contributed by atoms with Crippen LogP contribution in [0.25, 0.3) is 10.9 Å². The predicted molar refractivity (Wildman–Crippen MR) is 83.1 cm³/mol. The summed E-state index contributed by atoms with van der Waals surface area (Å²) in [5.41, 5.74) is 0.935. The standard InChI is InChI=1S/C14H9ClN4O2S/c15-10-1-2-11-12(6-10)18-8-13(11)22(20,21)19-14-5-9(7-16)3-4-17-14/h1-6,8,18H,(H,17,19). The molecule has 0 amide bonds. The number of anilines is 1. The summed E-state index contributed by atoms with van der Waals surface area (Å²) in [5.74, 6) is 0.0855. The number of rotatable bonds is 3. The fourth-order valence-corrected chi connectivity index (χ4v) is 3.39. The van der Waals surface area contributed by atoms with Gasteiger partial charge < -0.3 is 4.98 Å². The van der Waals surface area contributed by atoms with Crippen molar-refractivity contribution in [2.45, 2.75) is 4.90 Å². The fourth-order valence-electron chi connectivity index (χ4n) is 2.04. The van der Waals surface area contributed by atoms with E-state index in [0.29, 0.717) is 21.5 Å². The molecule has 0 saturated heterocycles. The summed E-state index contributed by atoms with van der Waals surface area (Å²) in [4.78, 5) is 6.86. The molecule has 0 aliphatic heterocycles. The number of nitrogens with zero attached hydrogens (tertiary/aromatic N) is 2. The van der Waals surface area contributed by atoms with E-state index in [1.807, 2.05) is 6.07 Å². The van der Waals surface area contributed by atoms with Gasteiger partial charge in [0.25, 0.3) is 10.0 Å². The molecular weight excluding hydrogens is 324 g/mol. The van der Waals surface area contributed by atoms with Gasteiger partial charge in [0.1, 0.15) is 10.7 Å². The zero-order chi connectivity index (χ0) is 15.7. The summed E-state index contributed by atoms with van der Waals surface area (Å²) in [6.07, 6.45) is 2.75. The summed E-state index contributed by atoms with van der Waals surface area (Å²) in [6, 6.07) is 9.67. The third-order valence-corrected chi connectivity index (χ3v) is 4.65. The smallest absolute Gasteiger partial charge is 0.265 e. The van der Waals surface area contributed by atoms with E-state index >= 15 is 0 Å². The van der Waals surface area contributed by atoms with Gasteiger partial charge in [0.2, 0.25) is 0 Å². The van der Waals surface area contributed by atoms with Crippen LogP contribution in [0, 0.1) is 11.3 Å². The number of nitriles is 1. The van der Waals surface area contributed by atoms with Gasteiger partial charge in [-0.25, -0.2) is 13.4 Å². The molecule has 0 fully saturated rings. The van der Waals surface area contributed by atoms with E-state index in [9.17, 15) is 8.42 Å². The van der Waals surface area contributed by atoms with E-state index < -0.39 is 10.0 Å². The molecule has 3 aromatic rings. The van der Waals surface area contributed by atoms with Gasteiger partial charge in [-0.1, -0.05) is 11.6 Å². The first-order valence-corrected chi connectivity index (χ1v) is 8.01. The third-order valence-electron chi connectivity index (χ3n) is 3.02. The maximum atomic E-state index is 12.5. The number of H-pyrrole nitrogens is 1. The quantitative estimate of drug-likeness (QED) is 0.770. The third kappa shape index (κ3) is 2.62. The van der Waals surface area contributed by atoms with Gasteiger partial charge in [0.15, 0.2) is 0 Å². The van der Waals surface area contributed by atoms with Gasteiger partial charge >= 0.3 is 0 Å². The minimum atomic E-state index is -3.83. The molecule has 0 spiro atoms. The van der Waals surface area contributed by atoms with E-state index in [0.717, 1.165) is 0 Å². The molecular formula is C14H9ClN4O2S. The van der Waals surface area contributed by atoms with Crippen molar-refractivity contribution in [3.8, 4) is 6.07 Å². The van der Waals surface area contributed by atoms with Crippen molar-refractivity contribution in [2.75, 3.05) is 4.72 Å². The zero-order valence-electron chi connectivity index (χ0n) is 11.0.